The number of benzene rings is 2. The van der Waals surface area contributed by atoms with Gasteiger partial charge in [-0.25, -0.2) is 13.8 Å². The Hall–Kier alpha value is -2.85. The lowest BCUT2D eigenvalue weighted by Crippen LogP contribution is -2.52. The van der Waals surface area contributed by atoms with Gasteiger partial charge in [0.2, 0.25) is 5.91 Å². The van der Waals surface area contributed by atoms with Crippen LogP contribution < -0.4 is 15.5 Å². The van der Waals surface area contributed by atoms with Gasteiger partial charge in [-0.2, -0.15) is 0 Å². The summed E-state index contributed by atoms with van der Waals surface area (Å²) >= 11 is 4.60. The first kappa shape index (κ1) is 23.3. The number of carbonyl (C=O) groups excluding carboxylic acids is 2. The van der Waals surface area contributed by atoms with Crippen LogP contribution in [0.2, 0.25) is 0 Å². The molecule has 172 valence electrons. The molecule has 1 aromatic heterocycles. The number of thiazole rings is 1. The fourth-order valence-electron chi connectivity index (χ4n) is 3.98. The first-order valence-electron chi connectivity index (χ1n) is 10.3. The second kappa shape index (κ2) is 9.56. The van der Waals surface area contributed by atoms with Crippen LogP contribution in [0.3, 0.4) is 0 Å². The maximum Gasteiger partial charge on any atom is 0.271 e. The zero-order valence-corrected chi connectivity index (χ0v) is 20.3. The number of hydrogen-bond donors (Lipinski definition) is 2. The third-order valence-electron chi connectivity index (χ3n) is 5.32. The summed E-state index contributed by atoms with van der Waals surface area (Å²) in [5.41, 5.74) is 3.13. The molecule has 1 aliphatic rings. The molecule has 1 atom stereocenters. The molecule has 1 fully saturated rings. The Morgan fingerprint density at radius 1 is 1.15 bits per heavy atom. The van der Waals surface area contributed by atoms with Crippen LogP contribution in [0.5, 0.6) is 0 Å². The molecule has 33 heavy (non-hydrogen) atoms. The van der Waals surface area contributed by atoms with Gasteiger partial charge in [-0.3, -0.25) is 9.59 Å². The highest BCUT2D eigenvalue weighted by molar-refractivity contribution is 9.10. The summed E-state index contributed by atoms with van der Waals surface area (Å²) < 4.78 is 27.7. The van der Waals surface area contributed by atoms with E-state index in [2.05, 4.69) is 31.5 Å². The van der Waals surface area contributed by atoms with Crippen LogP contribution in [-0.2, 0) is 4.79 Å². The predicted molar refractivity (Wildman–Crippen MR) is 128 cm³/mol. The number of hydrogen-bond acceptors (Lipinski definition) is 5. The average Bonchev–Trinajstić information content (AvgIpc) is 3.17. The van der Waals surface area contributed by atoms with E-state index in [9.17, 15) is 18.4 Å². The minimum absolute atomic E-state index is 0.125. The van der Waals surface area contributed by atoms with E-state index in [1.807, 2.05) is 26.0 Å². The zero-order chi connectivity index (χ0) is 23.7. The van der Waals surface area contributed by atoms with E-state index in [4.69, 9.17) is 0 Å². The van der Waals surface area contributed by atoms with E-state index in [1.54, 1.807) is 4.90 Å². The number of nitrogens with zero attached hydrogens (tertiary/aromatic N) is 2. The highest BCUT2D eigenvalue weighted by Gasteiger charge is 2.32. The Bertz CT molecular complexity index is 1190. The van der Waals surface area contributed by atoms with Gasteiger partial charge in [0.1, 0.15) is 23.4 Å². The first-order chi connectivity index (χ1) is 15.7. The number of amides is 2. The van der Waals surface area contributed by atoms with Gasteiger partial charge < -0.3 is 15.5 Å². The van der Waals surface area contributed by atoms with Crippen molar-refractivity contribution in [2.75, 3.05) is 16.8 Å². The van der Waals surface area contributed by atoms with Crippen LogP contribution >= 0.6 is 27.3 Å². The number of aromatic nitrogens is 1. The SMILES string of the molecule is Cc1cc(Br)cc(C)c1N1CCCC(NC(=O)c2csc(Nc3cc(F)cc(F)c3)n2)C1=O. The predicted octanol–water partition coefficient (Wildman–Crippen LogP) is 5.47. The molecular weight excluding hydrogens is 514 g/mol. The molecule has 1 unspecified atom stereocenters. The van der Waals surface area contributed by atoms with Crippen molar-refractivity contribution >= 4 is 55.6 Å². The van der Waals surface area contributed by atoms with Gasteiger partial charge in [-0.05, 0) is 62.1 Å². The summed E-state index contributed by atoms with van der Waals surface area (Å²) in [6.45, 7) is 4.50. The Kier molecular flexibility index (Phi) is 6.76. The summed E-state index contributed by atoms with van der Waals surface area (Å²) in [7, 11) is 0. The Labute approximate surface area is 202 Å². The third kappa shape index (κ3) is 5.22. The van der Waals surface area contributed by atoms with E-state index >= 15 is 0 Å². The highest BCUT2D eigenvalue weighted by atomic mass is 79.9. The molecule has 0 spiro atoms. The quantitative estimate of drug-likeness (QED) is 0.455. The van der Waals surface area contributed by atoms with Crippen molar-refractivity contribution in [1.29, 1.82) is 0 Å². The molecule has 2 N–H and O–H groups in total. The van der Waals surface area contributed by atoms with Gasteiger partial charge >= 0.3 is 0 Å². The van der Waals surface area contributed by atoms with Crippen molar-refractivity contribution in [2.45, 2.75) is 32.7 Å². The third-order valence-corrected chi connectivity index (χ3v) is 6.54. The number of rotatable bonds is 5. The summed E-state index contributed by atoms with van der Waals surface area (Å²) in [6.07, 6.45) is 1.29. The van der Waals surface area contributed by atoms with Gasteiger partial charge in [0.05, 0.1) is 0 Å². The Morgan fingerprint density at radius 3 is 2.48 bits per heavy atom. The van der Waals surface area contributed by atoms with Crippen molar-refractivity contribution < 1.29 is 18.4 Å². The van der Waals surface area contributed by atoms with E-state index in [1.165, 1.54) is 5.38 Å². The number of piperidine rings is 1. The van der Waals surface area contributed by atoms with Crippen molar-refractivity contribution in [3.63, 3.8) is 0 Å². The second-order valence-electron chi connectivity index (χ2n) is 7.87. The van der Waals surface area contributed by atoms with Crippen molar-refractivity contribution in [2.24, 2.45) is 0 Å². The molecule has 2 aromatic carbocycles. The lowest BCUT2D eigenvalue weighted by Gasteiger charge is -2.34. The van der Waals surface area contributed by atoms with Crippen molar-refractivity contribution in [3.8, 4) is 0 Å². The number of nitrogens with one attached hydrogen (secondary N) is 2. The fourth-order valence-corrected chi connectivity index (χ4v) is 5.37. The number of halogens is 3. The molecule has 1 saturated heterocycles. The van der Waals surface area contributed by atoms with E-state index in [-0.39, 0.29) is 17.3 Å². The molecular formula is C23H21BrF2N4O2S. The second-order valence-corrected chi connectivity index (χ2v) is 9.64. The topological polar surface area (TPSA) is 74.3 Å². The fraction of sp³-hybridized carbons (Fsp3) is 0.261. The number of carbonyl (C=O) groups is 2. The van der Waals surface area contributed by atoms with Gasteiger partial charge in [-0.1, -0.05) is 15.9 Å². The molecule has 2 amide bonds. The summed E-state index contributed by atoms with van der Waals surface area (Å²) in [6, 6.07) is 6.30. The maximum atomic E-state index is 13.4. The molecule has 4 rings (SSSR count). The lowest BCUT2D eigenvalue weighted by atomic mass is 10.0. The highest BCUT2D eigenvalue weighted by Crippen LogP contribution is 2.31. The molecule has 0 bridgehead atoms. The van der Waals surface area contributed by atoms with E-state index < -0.39 is 23.6 Å². The van der Waals surface area contributed by atoms with E-state index in [0.717, 1.165) is 57.2 Å². The summed E-state index contributed by atoms with van der Waals surface area (Å²) in [5.74, 6) is -2.08. The monoisotopic (exact) mass is 534 g/mol. The standard InChI is InChI=1S/C23H21BrF2N4O2S/c1-12-6-14(24)7-13(2)20(12)30-5-3-4-18(22(30)32)28-21(31)19-11-33-23(29-19)27-17-9-15(25)8-16(26)10-17/h6-11,18H,3-5H2,1-2H3,(H,27,29)(H,28,31). The van der Waals surface area contributed by atoms with Crippen LogP contribution in [0.4, 0.5) is 25.3 Å². The van der Waals surface area contributed by atoms with Crippen LogP contribution in [0.25, 0.3) is 0 Å². The Balaban J connectivity index is 1.46. The molecule has 3 aromatic rings. The van der Waals surface area contributed by atoms with Crippen LogP contribution in [0.15, 0.2) is 40.2 Å². The maximum absolute atomic E-state index is 13.4. The molecule has 1 aliphatic heterocycles. The lowest BCUT2D eigenvalue weighted by molar-refractivity contribution is -0.121. The molecule has 2 heterocycles. The minimum atomic E-state index is -0.719. The van der Waals surface area contributed by atoms with E-state index in [0.29, 0.717) is 18.1 Å². The zero-order valence-electron chi connectivity index (χ0n) is 17.9. The normalized spacial score (nSPS) is 16.1. The van der Waals surface area contributed by atoms with Gasteiger partial charge in [-0.15, -0.1) is 11.3 Å². The van der Waals surface area contributed by atoms with Crippen molar-refractivity contribution in [3.05, 3.63) is 68.6 Å². The van der Waals surface area contributed by atoms with Crippen molar-refractivity contribution in [1.82, 2.24) is 10.3 Å². The number of anilines is 3. The molecule has 0 radical (unpaired) electrons. The van der Waals surface area contributed by atoms with Gasteiger partial charge in [0.25, 0.3) is 5.91 Å². The van der Waals surface area contributed by atoms with Crippen LogP contribution in [-0.4, -0.2) is 29.4 Å². The summed E-state index contributed by atoms with van der Waals surface area (Å²) in [5, 5.41) is 7.41. The Morgan fingerprint density at radius 2 is 1.82 bits per heavy atom. The molecule has 0 aliphatic carbocycles. The average molecular weight is 535 g/mol. The molecule has 6 nitrogen and oxygen atoms in total. The minimum Gasteiger partial charge on any atom is -0.339 e. The molecule has 0 saturated carbocycles. The largest absolute Gasteiger partial charge is 0.339 e. The molecule has 10 heteroatoms. The summed E-state index contributed by atoms with van der Waals surface area (Å²) in [4.78, 5) is 31.9. The van der Waals surface area contributed by atoms with Crippen LogP contribution in [0, 0.1) is 25.5 Å². The number of aryl methyl sites for hydroxylation is 2. The van der Waals surface area contributed by atoms with Crippen LogP contribution in [0.1, 0.15) is 34.5 Å². The van der Waals surface area contributed by atoms with Gasteiger partial charge in [0.15, 0.2) is 5.13 Å². The van der Waals surface area contributed by atoms with Gasteiger partial charge in [0, 0.05) is 33.8 Å². The smallest absolute Gasteiger partial charge is 0.271 e. The first-order valence-corrected chi connectivity index (χ1v) is 12.0.